The molecule has 0 aliphatic carbocycles. The number of tetrazole rings is 1. The fourth-order valence-corrected chi connectivity index (χ4v) is 3.86. The van der Waals surface area contributed by atoms with Crippen LogP contribution in [0.15, 0.2) is 67.1 Å². The first-order valence-electron chi connectivity index (χ1n) is 10.2. The molecule has 0 saturated carbocycles. The van der Waals surface area contributed by atoms with E-state index in [1.807, 2.05) is 19.1 Å². The average molecular weight is 451 g/mol. The summed E-state index contributed by atoms with van der Waals surface area (Å²) in [5, 5.41) is 22.2. The minimum absolute atomic E-state index is 0.0784. The van der Waals surface area contributed by atoms with Crippen LogP contribution in [0, 0.1) is 13.8 Å². The summed E-state index contributed by atoms with van der Waals surface area (Å²) in [6, 6.07) is 14.9. The molecule has 4 rings (SSSR count). The second-order valence-electron chi connectivity index (χ2n) is 7.92. The van der Waals surface area contributed by atoms with Crippen LogP contribution in [0.3, 0.4) is 0 Å². The Bertz CT molecular complexity index is 1230. The van der Waals surface area contributed by atoms with Gasteiger partial charge in [0.1, 0.15) is 17.8 Å². The van der Waals surface area contributed by atoms with Crippen molar-refractivity contribution in [1.29, 1.82) is 0 Å². The zero-order valence-corrected chi connectivity index (χ0v) is 18.4. The molecule has 0 amide bonds. The van der Waals surface area contributed by atoms with Crippen LogP contribution in [-0.4, -0.2) is 37.4 Å². The quantitative estimate of drug-likeness (QED) is 0.457. The summed E-state index contributed by atoms with van der Waals surface area (Å²) in [6.07, 6.45) is 2.55. The molecule has 4 aromatic rings. The first-order valence-corrected chi connectivity index (χ1v) is 10.2. The van der Waals surface area contributed by atoms with E-state index in [2.05, 4.69) is 20.5 Å². The third kappa shape index (κ3) is 4.19. The SMILES string of the molecule is COc1ccc(-c2ccc(C(F)(F)C(O)(Cn3cnnn3)c3ccc(C)cc3C)nc2)cc1. The summed E-state index contributed by atoms with van der Waals surface area (Å²) in [5.74, 6) is -3.06. The van der Waals surface area contributed by atoms with E-state index in [-0.39, 0.29) is 5.56 Å². The molecule has 7 nitrogen and oxygen atoms in total. The van der Waals surface area contributed by atoms with Gasteiger partial charge in [-0.2, -0.15) is 8.78 Å². The lowest BCUT2D eigenvalue weighted by molar-refractivity contribution is -0.206. The number of hydrogen-bond donors (Lipinski definition) is 1. The monoisotopic (exact) mass is 451 g/mol. The van der Waals surface area contributed by atoms with Gasteiger partial charge < -0.3 is 9.84 Å². The van der Waals surface area contributed by atoms with Crippen LogP contribution in [-0.2, 0) is 18.1 Å². The number of ether oxygens (including phenoxy) is 1. The summed E-state index contributed by atoms with van der Waals surface area (Å²) in [6.45, 7) is 2.98. The van der Waals surface area contributed by atoms with Crippen molar-refractivity contribution in [3.05, 3.63) is 89.5 Å². The summed E-state index contributed by atoms with van der Waals surface area (Å²) in [5.41, 5.74) is -0.241. The first kappa shape index (κ1) is 22.5. The lowest BCUT2D eigenvalue weighted by Gasteiger charge is -2.36. The number of aromatic nitrogens is 5. The van der Waals surface area contributed by atoms with Crippen molar-refractivity contribution < 1.29 is 18.6 Å². The number of halogens is 2. The number of alkyl halides is 2. The third-order valence-electron chi connectivity index (χ3n) is 5.64. The van der Waals surface area contributed by atoms with E-state index < -0.39 is 23.8 Å². The Hall–Kier alpha value is -3.72. The molecular formula is C24H23F2N5O2. The maximum atomic E-state index is 16.0. The third-order valence-corrected chi connectivity index (χ3v) is 5.64. The molecule has 0 bridgehead atoms. The van der Waals surface area contributed by atoms with Crippen molar-refractivity contribution in [2.75, 3.05) is 7.11 Å². The van der Waals surface area contributed by atoms with Gasteiger partial charge in [0.2, 0.25) is 0 Å². The lowest BCUT2D eigenvalue weighted by atomic mass is 9.82. The van der Waals surface area contributed by atoms with Gasteiger partial charge in [0.15, 0.2) is 5.60 Å². The normalized spacial score (nSPS) is 13.5. The molecule has 9 heteroatoms. The highest BCUT2D eigenvalue weighted by atomic mass is 19.3. The van der Waals surface area contributed by atoms with Crippen molar-refractivity contribution in [3.63, 3.8) is 0 Å². The summed E-state index contributed by atoms with van der Waals surface area (Å²) in [7, 11) is 1.57. The first-order chi connectivity index (χ1) is 15.7. The molecule has 33 heavy (non-hydrogen) atoms. The zero-order chi connectivity index (χ0) is 23.6. The highest BCUT2D eigenvalue weighted by Crippen LogP contribution is 2.47. The smallest absolute Gasteiger partial charge is 0.323 e. The molecule has 2 aromatic heterocycles. The van der Waals surface area contributed by atoms with Gasteiger partial charge in [-0.1, -0.05) is 42.0 Å². The maximum Gasteiger partial charge on any atom is 0.323 e. The summed E-state index contributed by atoms with van der Waals surface area (Å²) >= 11 is 0. The summed E-state index contributed by atoms with van der Waals surface area (Å²) in [4.78, 5) is 4.04. The van der Waals surface area contributed by atoms with Crippen molar-refractivity contribution in [2.45, 2.75) is 31.9 Å². The Morgan fingerprint density at radius 2 is 1.73 bits per heavy atom. The van der Waals surface area contributed by atoms with E-state index in [4.69, 9.17) is 4.74 Å². The maximum absolute atomic E-state index is 16.0. The van der Waals surface area contributed by atoms with Gasteiger partial charge in [-0.05, 0) is 59.2 Å². The van der Waals surface area contributed by atoms with E-state index in [0.29, 0.717) is 16.9 Å². The largest absolute Gasteiger partial charge is 0.497 e. The Kier molecular flexibility index (Phi) is 5.90. The van der Waals surface area contributed by atoms with E-state index in [1.54, 1.807) is 44.4 Å². The van der Waals surface area contributed by atoms with Crippen LogP contribution >= 0.6 is 0 Å². The van der Waals surface area contributed by atoms with Crippen LogP contribution < -0.4 is 4.74 Å². The van der Waals surface area contributed by atoms with Crippen molar-refractivity contribution in [2.24, 2.45) is 0 Å². The molecule has 2 aromatic carbocycles. The van der Waals surface area contributed by atoms with Crippen molar-refractivity contribution in [1.82, 2.24) is 25.2 Å². The van der Waals surface area contributed by atoms with Crippen molar-refractivity contribution >= 4 is 0 Å². The zero-order valence-electron chi connectivity index (χ0n) is 18.4. The lowest BCUT2D eigenvalue weighted by Crippen LogP contribution is -2.47. The molecule has 0 aliphatic heterocycles. The number of benzene rings is 2. The fraction of sp³-hybridized carbons (Fsp3) is 0.250. The van der Waals surface area contributed by atoms with E-state index >= 15 is 8.78 Å². The Morgan fingerprint density at radius 1 is 1.00 bits per heavy atom. The predicted molar refractivity (Wildman–Crippen MR) is 118 cm³/mol. The van der Waals surface area contributed by atoms with E-state index in [9.17, 15) is 5.11 Å². The summed E-state index contributed by atoms with van der Waals surface area (Å²) < 4.78 is 38.2. The minimum atomic E-state index is -3.75. The Labute approximate surface area is 189 Å². The van der Waals surface area contributed by atoms with Crippen LogP contribution in [0.25, 0.3) is 11.1 Å². The average Bonchev–Trinajstić information content (AvgIpc) is 3.32. The van der Waals surface area contributed by atoms with Gasteiger partial charge in [0.25, 0.3) is 0 Å². The Morgan fingerprint density at radius 3 is 2.30 bits per heavy atom. The second kappa shape index (κ2) is 8.67. The standard InChI is InChI=1S/C24H23F2N5O2/c1-16-4-10-21(17(2)12-16)23(32,14-31-15-28-29-30-31)24(25,26)22-11-7-19(13-27-22)18-5-8-20(33-3)9-6-18/h4-13,15,32H,14H2,1-3H3. The molecule has 1 N–H and O–H groups in total. The molecule has 0 fully saturated rings. The van der Waals surface area contributed by atoms with Crippen LogP contribution in [0.5, 0.6) is 5.75 Å². The van der Waals surface area contributed by atoms with Crippen LogP contribution in [0.2, 0.25) is 0 Å². The molecule has 1 unspecified atom stereocenters. The number of pyridine rings is 1. The van der Waals surface area contributed by atoms with E-state index in [1.165, 1.54) is 24.7 Å². The van der Waals surface area contributed by atoms with Gasteiger partial charge in [-0.3, -0.25) is 4.98 Å². The molecule has 0 spiro atoms. The van der Waals surface area contributed by atoms with Gasteiger partial charge in [-0.15, -0.1) is 5.10 Å². The molecule has 170 valence electrons. The van der Waals surface area contributed by atoms with Crippen LogP contribution in [0.4, 0.5) is 8.78 Å². The molecule has 2 heterocycles. The van der Waals surface area contributed by atoms with Gasteiger partial charge in [0.05, 0.1) is 13.7 Å². The molecule has 1 atom stereocenters. The number of aliphatic hydroxyl groups is 1. The molecule has 0 aliphatic rings. The highest BCUT2D eigenvalue weighted by Gasteiger charge is 2.57. The van der Waals surface area contributed by atoms with Crippen LogP contribution in [0.1, 0.15) is 22.4 Å². The number of nitrogens with zero attached hydrogens (tertiary/aromatic N) is 5. The highest BCUT2D eigenvalue weighted by molar-refractivity contribution is 5.63. The molecule has 0 radical (unpaired) electrons. The minimum Gasteiger partial charge on any atom is -0.497 e. The number of aryl methyl sites for hydroxylation is 2. The van der Waals surface area contributed by atoms with Gasteiger partial charge >= 0.3 is 5.92 Å². The second-order valence-corrected chi connectivity index (χ2v) is 7.92. The van der Waals surface area contributed by atoms with Gasteiger partial charge in [-0.25, -0.2) is 4.68 Å². The fourth-order valence-electron chi connectivity index (χ4n) is 3.86. The number of rotatable bonds is 7. The molecule has 0 saturated heterocycles. The topological polar surface area (TPSA) is 86.0 Å². The Balaban J connectivity index is 1.75. The predicted octanol–water partition coefficient (Wildman–Crippen LogP) is 4.04. The number of hydrogen-bond acceptors (Lipinski definition) is 6. The number of methoxy groups -OCH3 is 1. The van der Waals surface area contributed by atoms with Gasteiger partial charge in [0, 0.05) is 11.8 Å². The van der Waals surface area contributed by atoms with Crippen molar-refractivity contribution in [3.8, 4) is 16.9 Å². The van der Waals surface area contributed by atoms with E-state index in [0.717, 1.165) is 15.8 Å². The molecular weight excluding hydrogens is 428 g/mol.